The zero-order valence-electron chi connectivity index (χ0n) is 6.85. The van der Waals surface area contributed by atoms with Gasteiger partial charge in [0.15, 0.2) is 0 Å². The van der Waals surface area contributed by atoms with Crippen LogP contribution >= 0.6 is 34.8 Å². The topological polar surface area (TPSA) is 17.1 Å². The molecule has 1 aromatic rings. The van der Waals surface area contributed by atoms with Crippen LogP contribution in [0.1, 0.15) is 16.5 Å². The monoisotopic (exact) mass is 236 g/mol. The molecule has 0 aromatic heterocycles. The number of carbonyl (C=O) groups is 1. The summed E-state index contributed by atoms with van der Waals surface area (Å²) in [7, 11) is 0. The van der Waals surface area contributed by atoms with E-state index in [1.54, 1.807) is 18.2 Å². The summed E-state index contributed by atoms with van der Waals surface area (Å²) < 4.78 is 0. The average molecular weight is 238 g/mol. The van der Waals surface area contributed by atoms with Gasteiger partial charge in [-0.1, -0.05) is 17.7 Å². The second kappa shape index (κ2) is 4.32. The molecule has 0 spiro atoms. The van der Waals surface area contributed by atoms with Crippen molar-refractivity contribution in [2.75, 3.05) is 0 Å². The van der Waals surface area contributed by atoms with E-state index in [0.29, 0.717) is 10.6 Å². The van der Waals surface area contributed by atoms with Gasteiger partial charge >= 0.3 is 0 Å². The number of alkyl halides is 1. The number of halogens is 3. The molecule has 1 rings (SSSR count). The van der Waals surface area contributed by atoms with E-state index in [9.17, 15) is 4.79 Å². The van der Waals surface area contributed by atoms with Gasteiger partial charge in [0.25, 0.3) is 0 Å². The van der Waals surface area contributed by atoms with Crippen molar-refractivity contribution in [1.29, 1.82) is 0 Å². The lowest BCUT2D eigenvalue weighted by molar-refractivity contribution is -0.111. The number of benzene rings is 1. The van der Waals surface area contributed by atoms with E-state index in [1.165, 1.54) is 0 Å². The molecule has 0 saturated heterocycles. The predicted octanol–water partition coefficient (Wildman–Crippen LogP) is 3.69. The number of aryl methyl sites for hydroxylation is 1. The van der Waals surface area contributed by atoms with E-state index in [0.717, 1.165) is 5.56 Å². The van der Waals surface area contributed by atoms with Crippen LogP contribution in [0.2, 0.25) is 5.02 Å². The van der Waals surface area contributed by atoms with Crippen LogP contribution in [0.5, 0.6) is 0 Å². The minimum absolute atomic E-state index is 0.577. The second-order valence-corrected chi connectivity index (χ2v) is 3.91. The quantitative estimate of drug-likeness (QED) is 0.566. The maximum absolute atomic E-state index is 10.8. The van der Waals surface area contributed by atoms with Crippen molar-refractivity contribution in [3.05, 3.63) is 34.3 Å². The van der Waals surface area contributed by atoms with Gasteiger partial charge in [-0.25, -0.2) is 0 Å². The van der Waals surface area contributed by atoms with Crippen molar-refractivity contribution in [2.45, 2.75) is 12.3 Å². The smallest absolute Gasteiger partial charge is 0.244 e. The highest BCUT2D eigenvalue weighted by Crippen LogP contribution is 2.27. The molecular formula is C9H7Cl3O. The molecule has 0 amide bonds. The SMILES string of the molecule is Cc1cc(Cl)ccc1C(Cl)C(=O)Cl. The van der Waals surface area contributed by atoms with Crippen LogP contribution in [0.4, 0.5) is 0 Å². The van der Waals surface area contributed by atoms with E-state index >= 15 is 0 Å². The van der Waals surface area contributed by atoms with Crippen LogP contribution < -0.4 is 0 Å². The minimum atomic E-state index is -0.793. The maximum Gasteiger partial charge on any atom is 0.244 e. The van der Waals surface area contributed by atoms with Gasteiger partial charge in [0.05, 0.1) is 0 Å². The largest absolute Gasteiger partial charge is 0.279 e. The highest BCUT2D eigenvalue weighted by Gasteiger charge is 2.16. The third kappa shape index (κ3) is 2.60. The lowest BCUT2D eigenvalue weighted by Crippen LogP contribution is -2.00. The molecule has 1 unspecified atom stereocenters. The molecule has 0 aliphatic heterocycles. The summed E-state index contributed by atoms with van der Waals surface area (Å²) in [5.41, 5.74) is 1.56. The lowest BCUT2D eigenvalue weighted by Gasteiger charge is -2.08. The summed E-state index contributed by atoms with van der Waals surface area (Å²) in [4.78, 5) is 10.8. The Balaban J connectivity index is 3.08. The van der Waals surface area contributed by atoms with Crippen molar-refractivity contribution < 1.29 is 4.79 Å². The number of hydrogen-bond acceptors (Lipinski definition) is 1. The summed E-state index contributed by atoms with van der Waals surface area (Å²) in [5.74, 6) is 0. The molecule has 0 N–H and O–H groups in total. The molecule has 0 bridgehead atoms. The van der Waals surface area contributed by atoms with Crippen LogP contribution in [-0.4, -0.2) is 5.24 Å². The van der Waals surface area contributed by atoms with Gasteiger partial charge < -0.3 is 0 Å². The van der Waals surface area contributed by atoms with Gasteiger partial charge in [-0.15, -0.1) is 11.6 Å². The van der Waals surface area contributed by atoms with Crippen LogP contribution in [0.3, 0.4) is 0 Å². The Labute approximate surface area is 91.6 Å². The zero-order valence-corrected chi connectivity index (χ0v) is 9.12. The van der Waals surface area contributed by atoms with E-state index in [1.807, 2.05) is 6.92 Å². The van der Waals surface area contributed by atoms with Crippen LogP contribution in [-0.2, 0) is 4.79 Å². The van der Waals surface area contributed by atoms with Crippen LogP contribution in [0.15, 0.2) is 18.2 Å². The molecular weight excluding hydrogens is 230 g/mol. The second-order valence-electron chi connectivity index (χ2n) is 2.67. The molecule has 70 valence electrons. The Morgan fingerprint density at radius 2 is 2.08 bits per heavy atom. The third-order valence-corrected chi connectivity index (χ3v) is 2.70. The Bertz CT molecular complexity index is 336. The van der Waals surface area contributed by atoms with E-state index < -0.39 is 10.6 Å². The number of carbonyl (C=O) groups excluding carboxylic acids is 1. The summed E-state index contributed by atoms with van der Waals surface area (Å²) >= 11 is 16.8. The normalized spacial score (nSPS) is 12.6. The van der Waals surface area contributed by atoms with E-state index in [-0.39, 0.29) is 0 Å². The molecule has 1 atom stereocenters. The fourth-order valence-corrected chi connectivity index (χ4v) is 1.63. The maximum atomic E-state index is 10.8. The molecule has 0 fully saturated rings. The summed E-state index contributed by atoms with van der Waals surface area (Å²) in [6.45, 7) is 1.83. The van der Waals surface area contributed by atoms with Gasteiger partial charge in [-0.2, -0.15) is 0 Å². The fraction of sp³-hybridized carbons (Fsp3) is 0.222. The average Bonchev–Trinajstić information content (AvgIpc) is 2.03. The van der Waals surface area contributed by atoms with Crippen molar-refractivity contribution in [2.24, 2.45) is 0 Å². The first-order valence-electron chi connectivity index (χ1n) is 3.62. The van der Waals surface area contributed by atoms with Gasteiger partial charge in [0.1, 0.15) is 5.38 Å². The van der Waals surface area contributed by atoms with Gasteiger partial charge in [-0.3, -0.25) is 4.79 Å². The zero-order chi connectivity index (χ0) is 10.0. The summed E-state index contributed by atoms with van der Waals surface area (Å²) in [5, 5.41) is -0.752. The minimum Gasteiger partial charge on any atom is -0.279 e. The molecule has 13 heavy (non-hydrogen) atoms. The molecule has 0 radical (unpaired) electrons. The first-order valence-corrected chi connectivity index (χ1v) is 4.81. The van der Waals surface area contributed by atoms with Crippen LogP contribution in [0.25, 0.3) is 0 Å². The van der Waals surface area contributed by atoms with Crippen molar-refractivity contribution in [1.82, 2.24) is 0 Å². The van der Waals surface area contributed by atoms with Gasteiger partial charge in [0, 0.05) is 5.02 Å². The molecule has 0 aliphatic rings. The predicted molar refractivity (Wildman–Crippen MR) is 55.6 cm³/mol. The molecule has 4 heteroatoms. The molecule has 1 nitrogen and oxygen atoms in total. The Kier molecular flexibility index (Phi) is 3.60. The summed E-state index contributed by atoms with van der Waals surface area (Å²) in [6.07, 6.45) is 0. The standard InChI is InChI=1S/C9H7Cl3O/c1-5-4-6(10)2-3-7(5)8(11)9(12)13/h2-4,8H,1H3. The van der Waals surface area contributed by atoms with Crippen molar-refractivity contribution in [3.8, 4) is 0 Å². The highest BCUT2D eigenvalue weighted by molar-refractivity contribution is 6.68. The molecule has 1 aromatic carbocycles. The number of rotatable bonds is 2. The fourth-order valence-electron chi connectivity index (χ4n) is 1.05. The Morgan fingerprint density at radius 3 is 2.54 bits per heavy atom. The van der Waals surface area contributed by atoms with Crippen LogP contribution in [0, 0.1) is 6.92 Å². The first kappa shape index (κ1) is 10.8. The van der Waals surface area contributed by atoms with E-state index in [4.69, 9.17) is 34.8 Å². The van der Waals surface area contributed by atoms with Gasteiger partial charge in [0.2, 0.25) is 5.24 Å². The molecule has 0 saturated carbocycles. The third-order valence-electron chi connectivity index (χ3n) is 1.70. The highest BCUT2D eigenvalue weighted by atomic mass is 35.5. The Hall–Kier alpha value is -0.240. The van der Waals surface area contributed by atoms with Crippen molar-refractivity contribution >= 4 is 40.0 Å². The summed E-state index contributed by atoms with van der Waals surface area (Å²) in [6, 6.07) is 5.13. The number of hydrogen-bond donors (Lipinski definition) is 0. The molecule has 0 heterocycles. The van der Waals surface area contributed by atoms with Gasteiger partial charge in [-0.05, 0) is 41.8 Å². The lowest BCUT2D eigenvalue weighted by atomic mass is 10.1. The molecule has 0 aliphatic carbocycles. The Morgan fingerprint density at radius 1 is 1.46 bits per heavy atom. The van der Waals surface area contributed by atoms with E-state index in [2.05, 4.69) is 0 Å². The first-order chi connectivity index (χ1) is 6.02. The van der Waals surface area contributed by atoms with Crippen molar-refractivity contribution in [3.63, 3.8) is 0 Å².